The second kappa shape index (κ2) is 6.71. The van der Waals surface area contributed by atoms with E-state index in [2.05, 4.69) is 21.2 Å². The number of hydrogen-bond donors (Lipinski definition) is 2. The van der Waals surface area contributed by atoms with E-state index in [-0.39, 0.29) is 17.9 Å². The van der Waals surface area contributed by atoms with E-state index in [9.17, 15) is 4.79 Å². The lowest BCUT2D eigenvalue weighted by atomic mass is 9.95. The first-order chi connectivity index (χ1) is 8.44. The number of benzene rings is 1. The summed E-state index contributed by atoms with van der Waals surface area (Å²) >= 11 is 3.41. The molecular formula is C14H18BrNO2. The number of amides is 1. The molecule has 3 nitrogen and oxygen atoms in total. The fraction of sp³-hybridized carbons (Fsp3) is 0.357. The Kier molecular flexibility index (Phi) is 5.56. The van der Waals surface area contributed by atoms with Crippen molar-refractivity contribution in [2.75, 3.05) is 13.2 Å². The Hall–Kier alpha value is -1.13. The van der Waals surface area contributed by atoms with Gasteiger partial charge in [-0.2, -0.15) is 0 Å². The molecule has 98 valence electrons. The summed E-state index contributed by atoms with van der Waals surface area (Å²) in [6.07, 6.45) is 3.25. The van der Waals surface area contributed by atoms with Gasteiger partial charge in [-0.3, -0.25) is 4.79 Å². The van der Waals surface area contributed by atoms with Gasteiger partial charge in [0, 0.05) is 29.1 Å². The van der Waals surface area contributed by atoms with Crippen molar-refractivity contribution in [3.63, 3.8) is 0 Å². The van der Waals surface area contributed by atoms with Gasteiger partial charge in [0.05, 0.1) is 0 Å². The lowest BCUT2D eigenvalue weighted by Crippen LogP contribution is -2.35. The summed E-state index contributed by atoms with van der Waals surface area (Å²) in [7, 11) is 0. The molecule has 1 rings (SSSR count). The molecule has 0 saturated carbocycles. The molecule has 1 aromatic carbocycles. The normalized spacial score (nSPS) is 11.8. The van der Waals surface area contributed by atoms with Crippen LogP contribution in [0.15, 0.2) is 34.8 Å². The van der Waals surface area contributed by atoms with E-state index in [1.54, 1.807) is 6.08 Å². The first-order valence-electron chi connectivity index (χ1n) is 5.76. The number of nitrogens with one attached hydrogen (secondary N) is 1. The van der Waals surface area contributed by atoms with Gasteiger partial charge in [0.25, 0.3) is 0 Å². The summed E-state index contributed by atoms with van der Waals surface area (Å²) in [5.74, 6) is -0.160. The van der Waals surface area contributed by atoms with Gasteiger partial charge in [0.15, 0.2) is 0 Å². The zero-order chi connectivity index (χ0) is 13.6. The summed E-state index contributed by atoms with van der Waals surface area (Å²) in [6.45, 7) is 4.28. The van der Waals surface area contributed by atoms with E-state index in [0.29, 0.717) is 6.54 Å². The average molecular weight is 312 g/mol. The van der Waals surface area contributed by atoms with Crippen molar-refractivity contribution < 1.29 is 9.90 Å². The van der Waals surface area contributed by atoms with E-state index in [1.165, 1.54) is 6.08 Å². The maximum Gasteiger partial charge on any atom is 0.244 e. The number of carbonyl (C=O) groups excluding carboxylic acids is 1. The summed E-state index contributed by atoms with van der Waals surface area (Å²) in [6, 6.07) is 7.68. The maximum absolute atomic E-state index is 11.6. The summed E-state index contributed by atoms with van der Waals surface area (Å²) < 4.78 is 0.949. The second-order valence-electron chi connectivity index (χ2n) is 4.89. The summed E-state index contributed by atoms with van der Waals surface area (Å²) in [5, 5.41) is 11.8. The highest BCUT2D eigenvalue weighted by molar-refractivity contribution is 9.10. The Morgan fingerprint density at radius 2 is 2.11 bits per heavy atom. The third-order valence-electron chi connectivity index (χ3n) is 2.49. The molecule has 0 saturated heterocycles. The molecule has 18 heavy (non-hydrogen) atoms. The van der Waals surface area contributed by atoms with E-state index < -0.39 is 0 Å². The summed E-state index contributed by atoms with van der Waals surface area (Å²) in [4.78, 5) is 11.6. The minimum atomic E-state index is -0.295. The van der Waals surface area contributed by atoms with Crippen LogP contribution < -0.4 is 5.32 Å². The highest BCUT2D eigenvalue weighted by atomic mass is 79.9. The van der Waals surface area contributed by atoms with E-state index in [1.807, 2.05) is 38.1 Å². The Balaban J connectivity index is 2.53. The molecule has 0 aliphatic rings. The molecule has 1 amide bonds. The number of aliphatic hydroxyl groups is 1. The van der Waals surface area contributed by atoms with Crippen molar-refractivity contribution in [1.29, 1.82) is 0 Å². The molecule has 0 spiro atoms. The Morgan fingerprint density at radius 1 is 1.44 bits per heavy atom. The summed E-state index contributed by atoms with van der Waals surface area (Å²) in [5.41, 5.74) is 0.658. The molecule has 0 bridgehead atoms. The fourth-order valence-corrected chi connectivity index (χ4v) is 1.63. The van der Waals surface area contributed by atoms with E-state index in [4.69, 9.17) is 5.11 Å². The van der Waals surface area contributed by atoms with Crippen molar-refractivity contribution in [2.45, 2.75) is 13.8 Å². The molecule has 0 heterocycles. The molecule has 0 aliphatic heterocycles. The predicted octanol–water partition coefficient (Wildman–Crippen LogP) is 2.60. The van der Waals surface area contributed by atoms with Gasteiger partial charge in [-0.05, 0) is 17.7 Å². The van der Waals surface area contributed by atoms with Crippen LogP contribution in [0.4, 0.5) is 0 Å². The van der Waals surface area contributed by atoms with E-state index >= 15 is 0 Å². The molecule has 0 fully saturated rings. The molecule has 4 heteroatoms. The van der Waals surface area contributed by atoms with Crippen LogP contribution in [0.2, 0.25) is 0 Å². The quantitative estimate of drug-likeness (QED) is 0.821. The van der Waals surface area contributed by atoms with Gasteiger partial charge in [-0.25, -0.2) is 0 Å². The lowest BCUT2D eigenvalue weighted by molar-refractivity contribution is -0.116. The first kappa shape index (κ1) is 14.9. The third-order valence-corrected chi connectivity index (χ3v) is 3.21. The van der Waals surface area contributed by atoms with Crippen LogP contribution in [0, 0.1) is 5.41 Å². The third kappa shape index (κ3) is 5.02. The highest BCUT2D eigenvalue weighted by Gasteiger charge is 2.16. The van der Waals surface area contributed by atoms with Crippen LogP contribution in [-0.2, 0) is 4.79 Å². The molecule has 0 atom stereocenters. The minimum absolute atomic E-state index is 0.0429. The van der Waals surface area contributed by atoms with Gasteiger partial charge >= 0.3 is 0 Å². The molecule has 0 unspecified atom stereocenters. The zero-order valence-corrected chi connectivity index (χ0v) is 12.2. The van der Waals surface area contributed by atoms with Crippen molar-refractivity contribution in [3.8, 4) is 0 Å². The maximum atomic E-state index is 11.6. The SMILES string of the molecule is CC(C)(CO)CNC(=O)/C=C/c1ccccc1Br. The van der Waals surface area contributed by atoms with Gasteiger partial charge in [0.2, 0.25) is 5.91 Å². The molecular weight excluding hydrogens is 294 g/mol. The zero-order valence-electron chi connectivity index (χ0n) is 10.6. The largest absolute Gasteiger partial charge is 0.396 e. The Morgan fingerprint density at radius 3 is 2.72 bits per heavy atom. The minimum Gasteiger partial charge on any atom is -0.396 e. The van der Waals surface area contributed by atoms with Crippen LogP contribution in [0.25, 0.3) is 6.08 Å². The molecule has 1 aromatic rings. The van der Waals surface area contributed by atoms with Crippen LogP contribution in [0.3, 0.4) is 0 Å². The van der Waals surface area contributed by atoms with Crippen LogP contribution in [0.1, 0.15) is 19.4 Å². The van der Waals surface area contributed by atoms with Crippen LogP contribution in [-0.4, -0.2) is 24.2 Å². The van der Waals surface area contributed by atoms with Crippen molar-refractivity contribution in [2.24, 2.45) is 5.41 Å². The van der Waals surface area contributed by atoms with Crippen molar-refractivity contribution in [3.05, 3.63) is 40.4 Å². The number of hydrogen-bond acceptors (Lipinski definition) is 2. The Labute approximate surface area is 116 Å². The molecule has 0 aromatic heterocycles. The van der Waals surface area contributed by atoms with Crippen molar-refractivity contribution in [1.82, 2.24) is 5.32 Å². The number of carbonyl (C=O) groups is 1. The van der Waals surface area contributed by atoms with Crippen molar-refractivity contribution >= 4 is 27.9 Å². The number of aliphatic hydroxyl groups excluding tert-OH is 1. The molecule has 0 aliphatic carbocycles. The molecule has 2 N–H and O–H groups in total. The number of halogens is 1. The number of rotatable bonds is 5. The topological polar surface area (TPSA) is 49.3 Å². The Bertz CT molecular complexity index is 441. The highest BCUT2D eigenvalue weighted by Crippen LogP contribution is 2.17. The predicted molar refractivity (Wildman–Crippen MR) is 77.1 cm³/mol. The first-order valence-corrected chi connectivity index (χ1v) is 6.55. The lowest BCUT2D eigenvalue weighted by Gasteiger charge is -2.21. The van der Waals surface area contributed by atoms with Gasteiger partial charge in [-0.15, -0.1) is 0 Å². The van der Waals surface area contributed by atoms with Gasteiger partial charge in [-0.1, -0.05) is 48.0 Å². The smallest absolute Gasteiger partial charge is 0.244 e. The second-order valence-corrected chi connectivity index (χ2v) is 5.75. The fourth-order valence-electron chi connectivity index (χ4n) is 1.22. The van der Waals surface area contributed by atoms with Crippen LogP contribution >= 0.6 is 15.9 Å². The van der Waals surface area contributed by atoms with Gasteiger partial charge < -0.3 is 10.4 Å². The standard InChI is InChI=1S/C14H18BrNO2/c1-14(2,10-17)9-16-13(18)8-7-11-5-3-4-6-12(11)15/h3-8,17H,9-10H2,1-2H3,(H,16,18)/b8-7+. The average Bonchev–Trinajstić information content (AvgIpc) is 2.35. The molecule has 0 radical (unpaired) electrons. The van der Waals surface area contributed by atoms with Gasteiger partial charge in [0.1, 0.15) is 0 Å². The van der Waals surface area contributed by atoms with E-state index in [0.717, 1.165) is 10.0 Å². The monoisotopic (exact) mass is 311 g/mol. The van der Waals surface area contributed by atoms with Crippen LogP contribution in [0.5, 0.6) is 0 Å².